The van der Waals surface area contributed by atoms with Gasteiger partial charge < -0.3 is 10.8 Å². The summed E-state index contributed by atoms with van der Waals surface area (Å²) >= 11 is 0. The predicted octanol–water partition coefficient (Wildman–Crippen LogP) is -0.297. The fourth-order valence-electron chi connectivity index (χ4n) is 0.951. The predicted molar refractivity (Wildman–Crippen MR) is 48.1 cm³/mol. The summed E-state index contributed by atoms with van der Waals surface area (Å²) in [6, 6.07) is -1.29. The number of carboxylic acid groups (broad SMARTS) is 1. The molecule has 1 amide bonds. The van der Waals surface area contributed by atoms with Gasteiger partial charge in [0.05, 0.1) is 6.04 Å². The van der Waals surface area contributed by atoms with E-state index in [1.165, 1.54) is 0 Å². The van der Waals surface area contributed by atoms with Crippen LogP contribution in [0.25, 0.3) is 0 Å². The molecule has 5 heteroatoms. The first kappa shape index (κ1) is 11.9. The van der Waals surface area contributed by atoms with Crippen LogP contribution in [0.15, 0.2) is 0 Å². The molecule has 0 aliphatic carbocycles. The summed E-state index contributed by atoms with van der Waals surface area (Å²) in [7, 11) is 0. The average Bonchev–Trinajstić information content (AvgIpc) is 2.03. The summed E-state index contributed by atoms with van der Waals surface area (Å²) < 4.78 is 0. The molecule has 0 aromatic rings. The molecule has 0 saturated heterocycles. The van der Waals surface area contributed by atoms with Crippen molar-refractivity contribution in [2.45, 2.75) is 38.8 Å². The number of hydrogen-bond acceptors (Lipinski definition) is 3. The van der Waals surface area contributed by atoms with Gasteiger partial charge in [-0.3, -0.25) is 14.9 Å². The number of primary amides is 1. The standard InChI is InChI=1S/C8H16N2O3/c1-3-4-6(8(12)13)10-5(2)7(9)11/h5-6,10H,3-4H2,1-2H3,(H2,9,11)(H,12,13). The average molecular weight is 188 g/mol. The second-order valence-electron chi connectivity index (χ2n) is 2.97. The Morgan fingerprint density at radius 3 is 2.38 bits per heavy atom. The quantitative estimate of drug-likeness (QED) is 0.533. The second kappa shape index (κ2) is 5.53. The first-order valence-corrected chi connectivity index (χ1v) is 4.27. The van der Waals surface area contributed by atoms with Crippen molar-refractivity contribution in [3.63, 3.8) is 0 Å². The number of carbonyl (C=O) groups excluding carboxylic acids is 1. The van der Waals surface area contributed by atoms with Gasteiger partial charge in [-0.1, -0.05) is 13.3 Å². The van der Waals surface area contributed by atoms with Gasteiger partial charge in [0.1, 0.15) is 6.04 Å². The highest BCUT2D eigenvalue weighted by atomic mass is 16.4. The van der Waals surface area contributed by atoms with Gasteiger partial charge >= 0.3 is 5.97 Å². The van der Waals surface area contributed by atoms with Crippen molar-refractivity contribution in [2.24, 2.45) is 5.73 Å². The zero-order valence-corrected chi connectivity index (χ0v) is 7.91. The van der Waals surface area contributed by atoms with Crippen molar-refractivity contribution in [1.29, 1.82) is 0 Å². The molecule has 0 bridgehead atoms. The van der Waals surface area contributed by atoms with E-state index in [9.17, 15) is 9.59 Å². The van der Waals surface area contributed by atoms with Crippen LogP contribution in [0.5, 0.6) is 0 Å². The van der Waals surface area contributed by atoms with Gasteiger partial charge in [0, 0.05) is 0 Å². The summed E-state index contributed by atoms with van der Waals surface area (Å²) in [6.07, 6.45) is 1.24. The molecular formula is C8H16N2O3. The summed E-state index contributed by atoms with van der Waals surface area (Å²) in [5.74, 6) is -1.49. The SMILES string of the molecule is CCCC(NC(C)C(N)=O)C(=O)O. The topological polar surface area (TPSA) is 92.4 Å². The van der Waals surface area contributed by atoms with Crippen LogP contribution in [0.3, 0.4) is 0 Å². The first-order chi connectivity index (χ1) is 5.99. The van der Waals surface area contributed by atoms with Crippen LogP contribution in [0, 0.1) is 0 Å². The van der Waals surface area contributed by atoms with Crippen molar-refractivity contribution >= 4 is 11.9 Å². The lowest BCUT2D eigenvalue weighted by Crippen LogP contribution is -2.47. The van der Waals surface area contributed by atoms with Gasteiger partial charge in [0.2, 0.25) is 5.91 Å². The van der Waals surface area contributed by atoms with Crippen molar-refractivity contribution in [1.82, 2.24) is 5.32 Å². The summed E-state index contributed by atoms with van der Waals surface area (Å²) in [5, 5.41) is 11.4. The molecule has 0 spiro atoms. The molecule has 76 valence electrons. The van der Waals surface area contributed by atoms with E-state index < -0.39 is 24.0 Å². The van der Waals surface area contributed by atoms with Crippen molar-refractivity contribution < 1.29 is 14.7 Å². The third-order valence-electron chi connectivity index (χ3n) is 1.75. The van der Waals surface area contributed by atoms with Crippen LogP contribution in [0.1, 0.15) is 26.7 Å². The third-order valence-corrected chi connectivity index (χ3v) is 1.75. The molecule has 0 fully saturated rings. The first-order valence-electron chi connectivity index (χ1n) is 4.27. The highest BCUT2D eigenvalue weighted by Gasteiger charge is 2.20. The Morgan fingerprint density at radius 1 is 1.54 bits per heavy atom. The van der Waals surface area contributed by atoms with Gasteiger partial charge in [-0.05, 0) is 13.3 Å². The molecule has 0 rings (SSSR count). The molecule has 5 nitrogen and oxygen atoms in total. The number of aliphatic carboxylic acids is 1. The summed E-state index contributed by atoms with van der Waals surface area (Å²) in [4.78, 5) is 21.3. The van der Waals surface area contributed by atoms with Crippen LogP contribution in [-0.2, 0) is 9.59 Å². The molecule has 2 atom stereocenters. The zero-order chi connectivity index (χ0) is 10.4. The van der Waals surface area contributed by atoms with E-state index >= 15 is 0 Å². The van der Waals surface area contributed by atoms with E-state index in [1.54, 1.807) is 6.92 Å². The minimum atomic E-state index is -0.949. The molecule has 0 aromatic carbocycles. The van der Waals surface area contributed by atoms with Crippen LogP contribution < -0.4 is 11.1 Å². The number of rotatable bonds is 6. The van der Waals surface area contributed by atoms with E-state index in [0.717, 1.165) is 6.42 Å². The van der Waals surface area contributed by atoms with Gasteiger partial charge in [0.15, 0.2) is 0 Å². The molecule has 0 heterocycles. The van der Waals surface area contributed by atoms with Crippen molar-refractivity contribution in [3.05, 3.63) is 0 Å². The van der Waals surface area contributed by atoms with E-state index in [2.05, 4.69) is 5.32 Å². The lowest BCUT2D eigenvalue weighted by atomic mass is 10.1. The molecule has 0 saturated carbocycles. The Morgan fingerprint density at radius 2 is 2.08 bits per heavy atom. The number of amides is 1. The van der Waals surface area contributed by atoms with Crippen LogP contribution in [0.4, 0.5) is 0 Å². The minimum Gasteiger partial charge on any atom is -0.480 e. The van der Waals surface area contributed by atoms with Crippen molar-refractivity contribution in [2.75, 3.05) is 0 Å². The maximum Gasteiger partial charge on any atom is 0.320 e. The maximum atomic E-state index is 10.6. The van der Waals surface area contributed by atoms with Gasteiger partial charge in [-0.2, -0.15) is 0 Å². The smallest absolute Gasteiger partial charge is 0.320 e. The lowest BCUT2D eigenvalue weighted by Gasteiger charge is -2.16. The molecule has 0 aliphatic heterocycles. The fourth-order valence-corrected chi connectivity index (χ4v) is 0.951. The highest BCUT2D eigenvalue weighted by Crippen LogP contribution is 1.98. The monoisotopic (exact) mass is 188 g/mol. The van der Waals surface area contributed by atoms with Crippen LogP contribution in [-0.4, -0.2) is 29.1 Å². The number of carboxylic acids is 1. The maximum absolute atomic E-state index is 10.6. The number of carbonyl (C=O) groups is 2. The largest absolute Gasteiger partial charge is 0.480 e. The summed E-state index contributed by atoms with van der Waals surface area (Å²) in [6.45, 7) is 3.43. The number of hydrogen-bond donors (Lipinski definition) is 3. The number of nitrogens with two attached hydrogens (primary N) is 1. The van der Waals surface area contributed by atoms with Crippen molar-refractivity contribution in [3.8, 4) is 0 Å². The molecule has 13 heavy (non-hydrogen) atoms. The van der Waals surface area contributed by atoms with E-state index in [-0.39, 0.29) is 0 Å². The van der Waals surface area contributed by atoms with Crippen LogP contribution in [0.2, 0.25) is 0 Å². The Hall–Kier alpha value is -1.10. The van der Waals surface area contributed by atoms with Gasteiger partial charge in [0.25, 0.3) is 0 Å². The molecule has 4 N–H and O–H groups in total. The van der Waals surface area contributed by atoms with E-state index in [4.69, 9.17) is 10.8 Å². The van der Waals surface area contributed by atoms with Crippen LogP contribution >= 0.6 is 0 Å². The fraction of sp³-hybridized carbons (Fsp3) is 0.750. The second-order valence-corrected chi connectivity index (χ2v) is 2.97. The third kappa shape index (κ3) is 4.47. The summed E-state index contributed by atoms with van der Waals surface area (Å²) in [5.41, 5.74) is 4.99. The van der Waals surface area contributed by atoms with E-state index in [0.29, 0.717) is 6.42 Å². The molecule has 0 radical (unpaired) electrons. The molecule has 0 aromatic heterocycles. The number of nitrogens with one attached hydrogen (secondary N) is 1. The van der Waals surface area contributed by atoms with E-state index in [1.807, 2.05) is 6.92 Å². The Kier molecular flexibility index (Phi) is 5.06. The molecule has 2 unspecified atom stereocenters. The van der Waals surface area contributed by atoms with Gasteiger partial charge in [-0.25, -0.2) is 0 Å². The van der Waals surface area contributed by atoms with Gasteiger partial charge in [-0.15, -0.1) is 0 Å². The Bertz CT molecular complexity index is 194. The zero-order valence-electron chi connectivity index (χ0n) is 7.91. The molecule has 0 aliphatic rings. The Balaban J connectivity index is 4.09. The minimum absolute atomic E-state index is 0.493. The highest BCUT2D eigenvalue weighted by molar-refractivity contribution is 5.81. The lowest BCUT2D eigenvalue weighted by molar-refractivity contribution is -0.140. The molecular weight excluding hydrogens is 172 g/mol. The normalized spacial score (nSPS) is 14.9. The Labute approximate surface area is 77.3 Å².